The van der Waals surface area contributed by atoms with Crippen LogP contribution in [-0.4, -0.2) is 72.0 Å². The number of amides is 1. The molecule has 5 nitrogen and oxygen atoms in total. The van der Waals surface area contributed by atoms with E-state index in [-0.39, 0.29) is 30.4 Å². The molecule has 2 aliphatic rings. The number of likely N-dealkylation sites (tertiary alicyclic amines) is 1. The summed E-state index contributed by atoms with van der Waals surface area (Å²) in [6, 6.07) is 10.4. The Labute approximate surface area is 187 Å². The van der Waals surface area contributed by atoms with Crippen molar-refractivity contribution in [3.05, 3.63) is 42.0 Å². The normalized spacial score (nSPS) is 22.2. The molecule has 0 aromatic heterocycles. The summed E-state index contributed by atoms with van der Waals surface area (Å²) in [5.41, 5.74) is 2.01. The van der Waals surface area contributed by atoms with Crippen molar-refractivity contribution in [3.63, 3.8) is 0 Å². The van der Waals surface area contributed by atoms with Gasteiger partial charge in [-0.3, -0.25) is 4.79 Å². The van der Waals surface area contributed by atoms with Gasteiger partial charge in [-0.1, -0.05) is 36.4 Å². The molecule has 1 aromatic rings. The number of likely N-dealkylation sites (N-methyl/N-ethyl adjacent to an activating group) is 1. The molecule has 0 aliphatic carbocycles. The number of halogens is 3. The third-order valence-corrected chi connectivity index (χ3v) is 6.88. The lowest BCUT2D eigenvalue weighted by molar-refractivity contribution is -0.186. The average Bonchev–Trinajstić information content (AvgIpc) is 3.18. The van der Waals surface area contributed by atoms with Crippen LogP contribution in [-0.2, 0) is 9.53 Å². The van der Waals surface area contributed by atoms with E-state index in [1.54, 1.807) is 4.90 Å². The first-order valence-electron chi connectivity index (χ1n) is 11.2. The quantitative estimate of drug-likeness (QED) is 0.675. The van der Waals surface area contributed by atoms with E-state index in [0.29, 0.717) is 32.5 Å². The highest BCUT2D eigenvalue weighted by Crippen LogP contribution is 2.39. The molecule has 1 unspecified atom stereocenters. The van der Waals surface area contributed by atoms with E-state index in [1.165, 1.54) is 0 Å². The Morgan fingerprint density at radius 3 is 2.53 bits per heavy atom. The monoisotopic (exact) mass is 454 g/mol. The summed E-state index contributed by atoms with van der Waals surface area (Å²) >= 11 is 0. The van der Waals surface area contributed by atoms with Crippen LogP contribution in [0.5, 0.6) is 0 Å². The molecule has 8 heteroatoms. The number of ether oxygens (including phenoxy) is 1. The zero-order valence-corrected chi connectivity index (χ0v) is 18.8. The number of allylic oxidation sites excluding steroid dienone is 1. The van der Waals surface area contributed by atoms with Gasteiger partial charge in [-0.2, -0.15) is 13.2 Å². The Morgan fingerprint density at radius 1 is 1.31 bits per heavy atom. The number of hydrogen-bond acceptors (Lipinski definition) is 4. The molecular weight excluding hydrogens is 421 g/mol. The first kappa shape index (κ1) is 24.6. The molecule has 0 radical (unpaired) electrons. The maximum absolute atomic E-state index is 12.8. The highest BCUT2D eigenvalue weighted by molar-refractivity contribution is 5.76. The minimum absolute atomic E-state index is 0.203. The molecule has 1 spiro atoms. The number of aliphatic hydroxyl groups excluding tert-OH is 1. The van der Waals surface area contributed by atoms with Crippen molar-refractivity contribution in [2.75, 3.05) is 33.4 Å². The van der Waals surface area contributed by atoms with Crippen molar-refractivity contribution in [1.29, 1.82) is 0 Å². The molecule has 178 valence electrons. The van der Waals surface area contributed by atoms with Crippen LogP contribution in [0.1, 0.15) is 44.6 Å². The number of piperidine rings is 1. The summed E-state index contributed by atoms with van der Waals surface area (Å²) in [4.78, 5) is 16.3. The van der Waals surface area contributed by atoms with E-state index in [1.807, 2.05) is 25.1 Å². The average molecular weight is 455 g/mol. The second kappa shape index (κ2) is 10.3. The number of rotatable bonds is 7. The Kier molecular flexibility index (Phi) is 7.88. The van der Waals surface area contributed by atoms with Gasteiger partial charge >= 0.3 is 6.18 Å². The van der Waals surface area contributed by atoms with Gasteiger partial charge in [-0.25, -0.2) is 0 Å². The van der Waals surface area contributed by atoms with Crippen LogP contribution in [0.2, 0.25) is 0 Å². The smallest absolute Gasteiger partial charge is 0.394 e. The van der Waals surface area contributed by atoms with E-state index < -0.39 is 18.7 Å². The Morgan fingerprint density at radius 2 is 1.97 bits per heavy atom. The van der Waals surface area contributed by atoms with Crippen molar-refractivity contribution in [3.8, 4) is 0 Å². The number of nitrogens with zero attached hydrogens (tertiary/aromatic N) is 2. The van der Waals surface area contributed by atoms with Crippen molar-refractivity contribution < 1.29 is 27.8 Å². The molecule has 2 atom stereocenters. The van der Waals surface area contributed by atoms with Crippen LogP contribution in [0.3, 0.4) is 0 Å². The topological polar surface area (TPSA) is 53.0 Å². The summed E-state index contributed by atoms with van der Waals surface area (Å²) in [5, 5.41) is 8.95. The van der Waals surface area contributed by atoms with Crippen LogP contribution in [0.4, 0.5) is 13.2 Å². The zero-order chi connectivity index (χ0) is 23.4. The second-order valence-electron chi connectivity index (χ2n) is 8.84. The van der Waals surface area contributed by atoms with Gasteiger partial charge in [0.1, 0.15) is 0 Å². The molecule has 0 bridgehead atoms. The molecule has 2 aliphatic heterocycles. The lowest BCUT2D eigenvalue weighted by atomic mass is 9.86. The first-order valence-corrected chi connectivity index (χ1v) is 11.2. The van der Waals surface area contributed by atoms with Gasteiger partial charge in [0.05, 0.1) is 30.8 Å². The maximum atomic E-state index is 12.8. The molecular formula is C24H33F3N2O3. The standard InChI is InChI=1S/C24H33F3N2O3/c1-3-21(18-7-5-4-6-8-18)28(2)20-15-23(32-17-20)11-13-29(14-12-23)22(31)10-9-19(16-30)24(25,26)27/h3-8,19-20,30H,9-17H2,1-2H3/t19-,20?/m1/s1. The number of aliphatic hydroxyl groups is 1. The lowest BCUT2D eigenvalue weighted by Crippen LogP contribution is -2.47. The fraction of sp³-hybridized carbons (Fsp3) is 0.625. The maximum Gasteiger partial charge on any atom is 0.394 e. The number of carbonyl (C=O) groups is 1. The second-order valence-corrected chi connectivity index (χ2v) is 8.84. The summed E-state index contributed by atoms with van der Waals surface area (Å²) in [6.45, 7) is 2.62. The third-order valence-electron chi connectivity index (χ3n) is 6.88. The van der Waals surface area contributed by atoms with Gasteiger partial charge < -0.3 is 19.6 Å². The predicted molar refractivity (Wildman–Crippen MR) is 117 cm³/mol. The first-order chi connectivity index (χ1) is 15.2. The van der Waals surface area contributed by atoms with Gasteiger partial charge in [0.25, 0.3) is 0 Å². The van der Waals surface area contributed by atoms with Gasteiger partial charge in [-0.15, -0.1) is 0 Å². The predicted octanol–water partition coefficient (Wildman–Crippen LogP) is 4.08. The van der Waals surface area contributed by atoms with Gasteiger partial charge in [0.2, 0.25) is 5.91 Å². The Balaban J connectivity index is 1.52. The lowest BCUT2D eigenvalue weighted by Gasteiger charge is -2.39. The zero-order valence-electron chi connectivity index (χ0n) is 18.8. The SMILES string of the molecule is CC=C(c1ccccc1)N(C)C1COC2(CCN(C(=O)CC[C@H](CO)C(F)(F)F)CC2)C1. The van der Waals surface area contributed by atoms with Crippen LogP contribution in [0, 0.1) is 5.92 Å². The van der Waals surface area contributed by atoms with E-state index in [0.717, 1.165) is 17.7 Å². The van der Waals surface area contributed by atoms with Crippen molar-refractivity contribution >= 4 is 11.6 Å². The minimum Gasteiger partial charge on any atom is -0.396 e. The fourth-order valence-electron chi connectivity index (χ4n) is 4.77. The number of carbonyl (C=O) groups excluding carboxylic acids is 1. The summed E-state index contributed by atoms with van der Waals surface area (Å²) in [6.07, 6.45) is -0.741. The largest absolute Gasteiger partial charge is 0.396 e. The molecule has 32 heavy (non-hydrogen) atoms. The van der Waals surface area contributed by atoms with Gasteiger partial charge in [-0.05, 0) is 38.2 Å². The fourth-order valence-corrected chi connectivity index (χ4v) is 4.77. The molecule has 1 aromatic carbocycles. The van der Waals surface area contributed by atoms with Crippen molar-refractivity contribution in [2.45, 2.75) is 56.8 Å². The molecule has 1 N–H and O–H groups in total. The summed E-state index contributed by atoms with van der Waals surface area (Å²) < 4.78 is 44.6. The molecule has 2 saturated heterocycles. The highest BCUT2D eigenvalue weighted by Gasteiger charge is 2.45. The highest BCUT2D eigenvalue weighted by atomic mass is 19.4. The minimum atomic E-state index is -4.48. The third kappa shape index (κ3) is 5.64. The molecule has 1 amide bonds. The van der Waals surface area contributed by atoms with Crippen molar-refractivity contribution in [1.82, 2.24) is 9.80 Å². The van der Waals surface area contributed by atoms with Gasteiger partial charge in [0.15, 0.2) is 0 Å². The molecule has 0 saturated carbocycles. The molecule has 2 fully saturated rings. The van der Waals surface area contributed by atoms with Gasteiger partial charge in [0, 0.05) is 32.3 Å². The molecule has 3 rings (SSSR count). The number of hydrogen-bond donors (Lipinski definition) is 1. The molecule has 2 heterocycles. The summed E-state index contributed by atoms with van der Waals surface area (Å²) in [7, 11) is 2.08. The Bertz CT molecular complexity index is 789. The number of alkyl halides is 3. The van der Waals surface area contributed by atoms with Crippen LogP contribution in [0.15, 0.2) is 36.4 Å². The van der Waals surface area contributed by atoms with Crippen LogP contribution in [0.25, 0.3) is 5.70 Å². The number of benzene rings is 1. The van der Waals surface area contributed by atoms with E-state index >= 15 is 0 Å². The van der Waals surface area contributed by atoms with E-state index in [2.05, 4.69) is 30.2 Å². The van der Waals surface area contributed by atoms with Crippen molar-refractivity contribution in [2.24, 2.45) is 5.92 Å². The summed E-state index contributed by atoms with van der Waals surface area (Å²) in [5.74, 6) is -2.13. The van der Waals surface area contributed by atoms with E-state index in [9.17, 15) is 18.0 Å². The van der Waals surface area contributed by atoms with E-state index in [4.69, 9.17) is 9.84 Å². The van der Waals surface area contributed by atoms with Crippen LogP contribution >= 0.6 is 0 Å². The van der Waals surface area contributed by atoms with Crippen LogP contribution < -0.4 is 0 Å². The Hall–Kier alpha value is -2.06.